The van der Waals surface area contributed by atoms with E-state index in [4.69, 9.17) is 9.15 Å². The average Bonchev–Trinajstić information content (AvgIpc) is 2.61. The number of carbonyl (C=O) groups excluding carboxylic acids is 2. The van der Waals surface area contributed by atoms with Crippen molar-refractivity contribution in [3.8, 4) is 0 Å². The average molecular weight is 336 g/mol. The second-order valence-corrected chi connectivity index (χ2v) is 5.79. The van der Waals surface area contributed by atoms with Crippen molar-refractivity contribution in [2.24, 2.45) is 0 Å². The van der Waals surface area contributed by atoms with Crippen molar-refractivity contribution in [1.29, 1.82) is 0 Å². The molecule has 126 valence electrons. The molecule has 0 unspecified atom stereocenters. The number of hydrogen-bond acceptors (Lipinski definition) is 5. The van der Waals surface area contributed by atoms with Gasteiger partial charge in [0, 0.05) is 11.6 Å². The maximum atomic E-state index is 12.3. The molecule has 1 heterocycles. The van der Waals surface area contributed by atoms with Crippen molar-refractivity contribution in [2.45, 2.75) is 13.8 Å². The Balaban J connectivity index is 1.78. The third-order valence-electron chi connectivity index (χ3n) is 3.86. The first kappa shape index (κ1) is 16.6. The first-order valence-electron chi connectivity index (χ1n) is 7.76. The Labute approximate surface area is 143 Å². The van der Waals surface area contributed by atoms with E-state index >= 15 is 0 Å². The highest BCUT2D eigenvalue weighted by Crippen LogP contribution is 2.14. The van der Waals surface area contributed by atoms with Crippen LogP contribution in [0.3, 0.4) is 0 Å². The number of fused-ring (bicyclic) bond motifs is 1. The Hall–Kier alpha value is -3.21. The lowest BCUT2D eigenvalue weighted by molar-refractivity contribution is 0.0444. The molecule has 0 aliphatic carbocycles. The third-order valence-corrected chi connectivity index (χ3v) is 3.86. The fraction of sp³-hybridized carbons (Fsp3) is 0.150. The predicted octanol–water partition coefficient (Wildman–Crippen LogP) is 3.45. The molecule has 0 saturated heterocycles. The van der Waals surface area contributed by atoms with E-state index in [1.807, 2.05) is 26.0 Å². The van der Waals surface area contributed by atoms with E-state index < -0.39 is 12.6 Å². The van der Waals surface area contributed by atoms with Gasteiger partial charge in [-0.15, -0.1) is 0 Å². The molecular weight excluding hydrogens is 320 g/mol. The molecule has 3 rings (SSSR count). The minimum atomic E-state index is -0.846. The van der Waals surface area contributed by atoms with E-state index in [0.717, 1.165) is 17.2 Å². The minimum absolute atomic E-state index is 0.225. The molecule has 3 aromatic rings. The number of benzene rings is 2. The Morgan fingerprint density at radius 3 is 2.60 bits per heavy atom. The molecule has 0 fully saturated rings. The molecule has 0 N–H and O–H groups in total. The molecule has 0 atom stereocenters. The number of aryl methyl sites for hydroxylation is 2. The molecule has 0 amide bonds. The zero-order chi connectivity index (χ0) is 18.0. The summed E-state index contributed by atoms with van der Waals surface area (Å²) in [5.41, 5.74) is 2.22. The van der Waals surface area contributed by atoms with Gasteiger partial charge < -0.3 is 9.15 Å². The SMILES string of the molecule is Cc1ccc(C)c(C(=O)COC(=O)c2cc(=O)c3ccccc3o2)c1. The molecule has 0 aliphatic rings. The molecule has 0 aliphatic heterocycles. The molecule has 0 bridgehead atoms. The van der Waals surface area contributed by atoms with Crippen LogP contribution in [0.1, 0.15) is 32.0 Å². The lowest BCUT2D eigenvalue weighted by Gasteiger charge is -2.07. The number of esters is 1. The molecule has 2 aromatic carbocycles. The lowest BCUT2D eigenvalue weighted by Crippen LogP contribution is -2.16. The van der Waals surface area contributed by atoms with Crippen LogP contribution in [0, 0.1) is 13.8 Å². The smallest absolute Gasteiger partial charge is 0.374 e. The molecule has 5 heteroatoms. The topological polar surface area (TPSA) is 73.6 Å². The Bertz CT molecular complexity index is 1030. The maximum Gasteiger partial charge on any atom is 0.374 e. The van der Waals surface area contributed by atoms with Crippen molar-refractivity contribution in [3.63, 3.8) is 0 Å². The number of para-hydroxylation sites is 1. The second-order valence-electron chi connectivity index (χ2n) is 5.79. The van der Waals surface area contributed by atoms with Crippen LogP contribution in [-0.2, 0) is 4.74 Å². The summed E-state index contributed by atoms with van der Waals surface area (Å²) in [4.78, 5) is 36.4. The summed E-state index contributed by atoms with van der Waals surface area (Å²) >= 11 is 0. The molecule has 25 heavy (non-hydrogen) atoms. The van der Waals surface area contributed by atoms with Crippen molar-refractivity contribution in [2.75, 3.05) is 6.61 Å². The van der Waals surface area contributed by atoms with Crippen LogP contribution in [0.2, 0.25) is 0 Å². The van der Waals surface area contributed by atoms with Gasteiger partial charge in [-0.1, -0.05) is 29.8 Å². The van der Waals surface area contributed by atoms with Gasteiger partial charge in [0.25, 0.3) is 0 Å². The maximum absolute atomic E-state index is 12.3. The number of ether oxygens (including phenoxy) is 1. The van der Waals surface area contributed by atoms with Crippen LogP contribution < -0.4 is 5.43 Å². The van der Waals surface area contributed by atoms with Gasteiger partial charge >= 0.3 is 5.97 Å². The molecule has 5 nitrogen and oxygen atoms in total. The monoisotopic (exact) mass is 336 g/mol. The van der Waals surface area contributed by atoms with Crippen LogP contribution in [0.15, 0.2) is 57.7 Å². The number of carbonyl (C=O) groups is 2. The van der Waals surface area contributed by atoms with Crippen LogP contribution >= 0.6 is 0 Å². The Morgan fingerprint density at radius 2 is 1.80 bits per heavy atom. The zero-order valence-electron chi connectivity index (χ0n) is 13.9. The van der Waals surface area contributed by atoms with Gasteiger partial charge in [-0.2, -0.15) is 0 Å². The van der Waals surface area contributed by atoms with E-state index in [2.05, 4.69) is 0 Å². The molecular formula is C20H16O5. The quantitative estimate of drug-likeness (QED) is 0.539. The summed E-state index contributed by atoms with van der Waals surface area (Å²) in [6.45, 7) is 3.28. The third kappa shape index (κ3) is 3.50. The zero-order valence-corrected chi connectivity index (χ0v) is 13.9. The fourth-order valence-corrected chi connectivity index (χ4v) is 2.52. The van der Waals surface area contributed by atoms with Crippen LogP contribution in [0.25, 0.3) is 11.0 Å². The highest BCUT2D eigenvalue weighted by atomic mass is 16.5. The van der Waals surface area contributed by atoms with E-state index in [9.17, 15) is 14.4 Å². The minimum Gasteiger partial charge on any atom is -0.451 e. The van der Waals surface area contributed by atoms with Gasteiger partial charge in [0.1, 0.15) is 5.58 Å². The highest BCUT2D eigenvalue weighted by Gasteiger charge is 2.17. The molecule has 0 spiro atoms. The van der Waals surface area contributed by atoms with Gasteiger partial charge in [-0.3, -0.25) is 9.59 Å². The van der Waals surface area contributed by atoms with E-state index in [-0.39, 0.29) is 17.0 Å². The summed E-state index contributed by atoms with van der Waals surface area (Å²) in [7, 11) is 0. The van der Waals surface area contributed by atoms with Crippen molar-refractivity contribution < 1.29 is 18.7 Å². The highest BCUT2D eigenvalue weighted by molar-refractivity contribution is 6.00. The molecule has 0 radical (unpaired) electrons. The first-order chi connectivity index (χ1) is 12.0. The summed E-state index contributed by atoms with van der Waals surface area (Å²) in [6, 6.07) is 13.2. The Morgan fingerprint density at radius 1 is 1.04 bits per heavy atom. The van der Waals surface area contributed by atoms with E-state index in [1.165, 1.54) is 0 Å². The summed E-state index contributed by atoms with van der Waals surface area (Å²) in [5, 5.41) is 0.380. The number of ketones is 1. The van der Waals surface area contributed by atoms with Gasteiger partial charge in [0.2, 0.25) is 11.5 Å². The van der Waals surface area contributed by atoms with Gasteiger partial charge in [0.15, 0.2) is 12.0 Å². The summed E-state index contributed by atoms with van der Waals surface area (Å²) in [5.74, 6) is -1.38. The molecule has 0 saturated carbocycles. The summed E-state index contributed by atoms with van der Waals surface area (Å²) < 4.78 is 10.4. The van der Waals surface area contributed by atoms with Gasteiger partial charge in [-0.25, -0.2) is 4.79 Å². The first-order valence-corrected chi connectivity index (χ1v) is 7.76. The predicted molar refractivity (Wildman–Crippen MR) is 93.0 cm³/mol. The van der Waals surface area contributed by atoms with Crippen LogP contribution in [-0.4, -0.2) is 18.4 Å². The van der Waals surface area contributed by atoms with E-state index in [0.29, 0.717) is 16.5 Å². The van der Waals surface area contributed by atoms with Gasteiger partial charge in [0.05, 0.1) is 5.39 Å². The van der Waals surface area contributed by atoms with Crippen LogP contribution in [0.4, 0.5) is 0 Å². The van der Waals surface area contributed by atoms with Gasteiger partial charge in [-0.05, 0) is 37.6 Å². The Kier molecular flexibility index (Phi) is 4.48. The number of rotatable bonds is 4. The van der Waals surface area contributed by atoms with Crippen molar-refractivity contribution in [1.82, 2.24) is 0 Å². The van der Waals surface area contributed by atoms with Crippen LogP contribution in [0.5, 0.6) is 0 Å². The number of hydrogen-bond donors (Lipinski definition) is 0. The lowest BCUT2D eigenvalue weighted by atomic mass is 10.0. The second kappa shape index (κ2) is 6.73. The fourth-order valence-electron chi connectivity index (χ4n) is 2.52. The largest absolute Gasteiger partial charge is 0.451 e. The standard InChI is InChI=1S/C20H16O5/c1-12-7-8-13(2)15(9-12)17(22)11-24-20(23)19-10-16(21)14-5-3-4-6-18(14)25-19/h3-10H,11H2,1-2H3. The normalized spacial score (nSPS) is 10.6. The summed E-state index contributed by atoms with van der Waals surface area (Å²) in [6.07, 6.45) is 0. The number of Topliss-reactive ketones (excluding diaryl/α,β-unsaturated/α-hetero) is 1. The van der Waals surface area contributed by atoms with Crippen molar-refractivity contribution >= 4 is 22.7 Å². The van der Waals surface area contributed by atoms with E-state index in [1.54, 1.807) is 30.3 Å². The molecule has 1 aromatic heterocycles. The van der Waals surface area contributed by atoms with Crippen molar-refractivity contribution in [3.05, 3.63) is 81.2 Å².